The van der Waals surface area contributed by atoms with E-state index in [0.29, 0.717) is 11.3 Å². The summed E-state index contributed by atoms with van der Waals surface area (Å²) < 4.78 is 10.9. The number of carbonyl (C=O) groups excluding carboxylic acids is 2. The van der Waals surface area contributed by atoms with Gasteiger partial charge in [-0.25, -0.2) is 9.78 Å². The molecule has 39 heavy (non-hydrogen) atoms. The predicted molar refractivity (Wildman–Crippen MR) is 149 cm³/mol. The smallest absolute Gasteiger partial charge is 0.336 e. The molecule has 1 aromatic heterocycles. The Morgan fingerprint density at radius 2 is 1.72 bits per heavy atom. The van der Waals surface area contributed by atoms with E-state index in [1.165, 1.54) is 16.2 Å². The molecule has 0 aliphatic carbocycles. The van der Waals surface area contributed by atoms with Crippen molar-refractivity contribution in [2.75, 3.05) is 13.2 Å². The highest BCUT2D eigenvalue weighted by Crippen LogP contribution is 2.49. The third-order valence-electron chi connectivity index (χ3n) is 6.65. The molecule has 3 aromatic rings. The maximum Gasteiger partial charge on any atom is 0.336 e. The second kappa shape index (κ2) is 12.4. The van der Waals surface area contributed by atoms with Crippen molar-refractivity contribution in [3.05, 3.63) is 88.6 Å². The molecule has 0 spiro atoms. The summed E-state index contributed by atoms with van der Waals surface area (Å²) in [5.41, 5.74) is 3.98. The highest BCUT2D eigenvalue weighted by molar-refractivity contribution is 7.13. The number of esters is 2. The van der Waals surface area contributed by atoms with E-state index in [1.807, 2.05) is 60.0 Å². The number of hydrogen-bond acceptors (Lipinski definition) is 9. The lowest BCUT2D eigenvalue weighted by molar-refractivity contribution is -0.155. The summed E-state index contributed by atoms with van der Waals surface area (Å²) in [4.78, 5) is 33.1. The van der Waals surface area contributed by atoms with Crippen LogP contribution in [-0.2, 0) is 19.1 Å². The van der Waals surface area contributed by atoms with Crippen molar-refractivity contribution in [1.82, 2.24) is 9.88 Å². The van der Waals surface area contributed by atoms with Crippen molar-refractivity contribution in [1.29, 1.82) is 0 Å². The molecule has 4 rings (SSSR count). The largest absolute Gasteiger partial charge is 0.465 e. The first kappa shape index (κ1) is 28.2. The average molecular weight is 549 g/mol. The fourth-order valence-corrected chi connectivity index (χ4v) is 5.95. The molecule has 0 saturated heterocycles. The summed E-state index contributed by atoms with van der Waals surface area (Å²) >= 11 is 1.46. The van der Waals surface area contributed by atoms with E-state index >= 15 is 0 Å². The molecule has 0 saturated carbocycles. The van der Waals surface area contributed by atoms with Crippen LogP contribution in [0.2, 0.25) is 0 Å². The summed E-state index contributed by atoms with van der Waals surface area (Å²) in [5, 5.41) is 23.3. The molecule has 2 N–H and O–H groups in total. The standard InChI is InChI=1S/C30H32N2O6S/c1-5-23-26(29(34)38-7-3)25(24(28(33)37-6-2)18(4)32(23)30(35)36)20-15-11-12-16-21(20)27-31-22(17-39-27)19-13-9-8-10-14-19/h5,8-17,25-26,30,35-36H,6-7H2,1-4H3. The monoisotopic (exact) mass is 548 g/mol. The molecule has 8 nitrogen and oxygen atoms in total. The molecule has 0 bridgehead atoms. The molecule has 1 aliphatic heterocycles. The molecule has 2 aromatic carbocycles. The molecule has 2 unspecified atom stereocenters. The van der Waals surface area contributed by atoms with Crippen LogP contribution in [-0.4, -0.2) is 51.7 Å². The van der Waals surface area contributed by atoms with Gasteiger partial charge in [-0.1, -0.05) is 60.7 Å². The zero-order valence-electron chi connectivity index (χ0n) is 22.3. The Labute approximate surface area is 231 Å². The number of benzene rings is 2. The van der Waals surface area contributed by atoms with E-state index in [0.717, 1.165) is 21.8 Å². The molecule has 204 valence electrons. The van der Waals surface area contributed by atoms with Crippen LogP contribution in [0.25, 0.3) is 21.8 Å². The van der Waals surface area contributed by atoms with E-state index in [9.17, 15) is 19.8 Å². The molecule has 0 fully saturated rings. The molecular formula is C30H32N2O6S. The number of rotatable bonds is 8. The van der Waals surface area contributed by atoms with Gasteiger partial charge in [-0.05, 0) is 33.3 Å². The lowest BCUT2D eigenvalue weighted by Gasteiger charge is -2.43. The fourth-order valence-electron chi connectivity index (χ4n) is 5.07. The van der Waals surface area contributed by atoms with E-state index in [4.69, 9.17) is 14.5 Å². The molecular weight excluding hydrogens is 516 g/mol. The Hall–Kier alpha value is -3.79. The number of aliphatic hydroxyl groups excluding tert-OH is 1. The Morgan fingerprint density at radius 1 is 1.05 bits per heavy atom. The molecule has 1 aliphatic rings. The van der Waals surface area contributed by atoms with Gasteiger partial charge in [0.05, 0.1) is 24.5 Å². The minimum Gasteiger partial charge on any atom is -0.465 e. The van der Waals surface area contributed by atoms with E-state index in [2.05, 4.69) is 0 Å². The van der Waals surface area contributed by atoms with Gasteiger partial charge in [0.15, 0.2) is 0 Å². The van der Waals surface area contributed by atoms with Gasteiger partial charge in [0, 0.05) is 33.8 Å². The molecule has 2 heterocycles. The number of hydrogen-bond donors (Lipinski definition) is 2. The number of allylic oxidation sites excluding steroid dienone is 2. The first-order valence-electron chi connectivity index (χ1n) is 12.8. The lowest BCUT2D eigenvalue weighted by Crippen LogP contribution is -2.46. The number of carbonyl (C=O) groups is 2. The normalized spacial score (nSPS) is 18.5. The van der Waals surface area contributed by atoms with Crippen molar-refractivity contribution in [2.45, 2.75) is 40.0 Å². The number of nitrogens with zero attached hydrogens (tertiary/aromatic N) is 2. The first-order chi connectivity index (χ1) is 18.8. The van der Waals surface area contributed by atoms with Gasteiger partial charge in [0.2, 0.25) is 6.41 Å². The topological polar surface area (TPSA) is 109 Å². The number of ether oxygens (including phenoxy) is 2. The van der Waals surface area contributed by atoms with Gasteiger partial charge in [0.25, 0.3) is 0 Å². The number of aromatic nitrogens is 1. The summed E-state index contributed by atoms with van der Waals surface area (Å²) in [6, 6.07) is 17.3. The van der Waals surface area contributed by atoms with Gasteiger partial charge in [0.1, 0.15) is 10.9 Å². The van der Waals surface area contributed by atoms with Gasteiger partial charge in [-0.2, -0.15) is 0 Å². The molecule has 2 atom stereocenters. The van der Waals surface area contributed by atoms with Crippen LogP contribution in [0.3, 0.4) is 0 Å². The van der Waals surface area contributed by atoms with Crippen LogP contribution in [0, 0.1) is 5.92 Å². The average Bonchev–Trinajstić information content (AvgIpc) is 3.43. The summed E-state index contributed by atoms with van der Waals surface area (Å²) in [5.74, 6) is -3.11. The van der Waals surface area contributed by atoms with Crippen LogP contribution in [0.15, 0.2) is 83.0 Å². The number of thiazole rings is 1. The Balaban J connectivity index is 1.97. The highest BCUT2D eigenvalue weighted by atomic mass is 32.1. The fraction of sp³-hybridized carbons (Fsp3) is 0.300. The summed E-state index contributed by atoms with van der Waals surface area (Å²) in [6.07, 6.45) is -0.347. The van der Waals surface area contributed by atoms with E-state index in [1.54, 1.807) is 33.8 Å². The molecule has 0 radical (unpaired) electrons. The van der Waals surface area contributed by atoms with Crippen LogP contribution >= 0.6 is 11.3 Å². The van der Waals surface area contributed by atoms with Crippen LogP contribution in [0.1, 0.15) is 39.2 Å². The maximum atomic E-state index is 13.5. The SMILES string of the molecule is CC=C1C(C(=O)OCC)C(c2ccccc2-c2nc(-c3ccccc3)cs2)C(C(=O)OCC)=C(C)N1C(O)O. The minimum atomic E-state index is -1.99. The second-order valence-electron chi connectivity index (χ2n) is 8.85. The van der Waals surface area contributed by atoms with Crippen molar-refractivity contribution in [3.8, 4) is 21.8 Å². The van der Waals surface area contributed by atoms with Gasteiger partial charge >= 0.3 is 11.9 Å². The zero-order valence-corrected chi connectivity index (χ0v) is 23.1. The summed E-state index contributed by atoms with van der Waals surface area (Å²) in [7, 11) is 0. The predicted octanol–water partition coefficient (Wildman–Crippen LogP) is 5.06. The van der Waals surface area contributed by atoms with Crippen LogP contribution in [0.4, 0.5) is 0 Å². The Bertz CT molecular complexity index is 1400. The van der Waals surface area contributed by atoms with Gasteiger partial charge in [-0.15, -0.1) is 11.3 Å². The third kappa shape index (κ3) is 5.52. The van der Waals surface area contributed by atoms with Crippen molar-refractivity contribution in [3.63, 3.8) is 0 Å². The Morgan fingerprint density at radius 3 is 2.36 bits per heavy atom. The quantitative estimate of drug-likeness (QED) is 0.297. The van der Waals surface area contributed by atoms with Crippen molar-refractivity contribution >= 4 is 23.3 Å². The molecule has 0 amide bonds. The Kier molecular flexibility index (Phi) is 8.96. The van der Waals surface area contributed by atoms with Crippen molar-refractivity contribution in [2.24, 2.45) is 5.92 Å². The van der Waals surface area contributed by atoms with Crippen LogP contribution < -0.4 is 0 Å². The second-order valence-corrected chi connectivity index (χ2v) is 9.71. The first-order valence-corrected chi connectivity index (χ1v) is 13.7. The molecule has 9 heteroatoms. The lowest BCUT2D eigenvalue weighted by atomic mass is 9.73. The van der Waals surface area contributed by atoms with Gasteiger partial charge < -0.3 is 19.7 Å². The van der Waals surface area contributed by atoms with Crippen molar-refractivity contribution < 1.29 is 29.3 Å². The van der Waals surface area contributed by atoms with E-state index in [-0.39, 0.29) is 24.5 Å². The van der Waals surface area contributed by atoms with Crippen LogP contribution in [0.5, 0.6) is 0 Å². The summed E-state index contributed by atoms with van der Waals surface area (Å²) in [6.45, 7) is 6.94. The van der Waals surface area contributed by atoms with E-state index < -0.39 is 30.2 Å². The number of aliphatic hydroxyl groups is 2. The van der Waals surface area contributed by atoms with Gasteiger partial charge in [-0.3, -0.25) is 9.69 Å². The minimum absolute atomic E-state index is 0.110. The maximum absolute atomic E-state index is 13.5. The third-order valence-corrected chi connectivity index (χ3v) is 7.53. The zero-order chi connectivity index (χ0) is 28.1. The highest BCUT2D eigenvalue weighted by Gasteiger charge is 2.48.